The van der Waals surface area contributed by atoms with E-state index in [1.165, 1.54) is 199 Å². The Morgan fingerprint density at radius 1 is 0.273 bits per heavy atom. The van der Waals surface area contributed by atoms with E-state index < -0.39 is 111 Å². The first-order valence-electron chi connectivity index (χ1n) is 39.7. The molecule has 1 atom stereocenters. The lowest BCUT2D eigenvalue weighted by molar-refractivity contribution is -0.142. The van der Waals surface area contributed by atoms with Gasteiger partial charge in [0.1, 0.15) is 40.7 Å². The predicted molar refractivity (Wildman–Crippen MR) is 465 cm³/mol. The third-order valence-corrected chi connectivity index (χ3v) is 27.1. The number of carboxylic acid groups (broad SMARTS) is 1. The van der Waals surface area contributed by atoms with E-state index in [1.807, 2.05) is 0 Å². The summed E-state index contributed by atoms with van der Waals surface area (Å²) in [5.41, 5.74) is 1.51. The summed E-state index contributed by atoms with van der Waals surface area (Å²) in [7, 11) is 0. The molecule has 0 bridgehead atoms. The van der Waals surface area contributed by atoms with Gasteiger partial charge in [0.25, 0.3) is 29.5 Å². The molecule has 3 aliphatic heterocycles. The predicted octanol–water partition coefficient (Wildman–Crippen LogP) is 25.3. The van der Waals surface area contributed by atoms with Crippen LogP contribution in [0.3, 0.4) is 0 Å². The highest BCUT2D eigenvalue weighted by Crippen LogP contribution is 2.41. The van der Waals surface area contributed by atoms with Crippen LogP contribution in [0.4, 0.5) is 94.3 Å². The van der Waals surface area contributed by atoms with Crippen LogP contribution >= 0.6 is 82.0 Å². The summed E-state index contributed by atoms with van der Waals surface area (Å²) in [6.45, 7) is 3.70. The maximum absolute atomic E-state index is 14.2. The molecule has 6 N–H and O–H groups in total. The fourth-order valence-corrected chi connectivity index (χ4v) is 19.4. The van der Waals surface area contributed by atoms with Gasteiger partial charge in [-0.3, -0.25) is 28.8 Å². The van der Waals surface area contributed by atoms with Gasteiger partial charge in [-0.1, -0.05) is 42.5 Å². The zero-order valence-electron chi connectivity index (χ0n) is 67.2. The SMILES string of the molecule is O=C(Nc1cc(F)c(F)c(F)c1)c1ccc(F)c(SC2CCCCC2)c1.O=C(Nc1cc(F)c(F)c(F)c1)c1ccc(F)c(SC2CCOCC2)c1.O=C(Nc1ccc(F)c(Cl)c1)c1ccc(F)c(SC2CCCOC2)c1.O=C(Nc1ccc(F)c(Cl)c1)c1ccc(F)c(SC2COC2)c1.O=C(Nc1ccc(F)c(F)c1)c1ccc(F)c(SC2CCC(C(=O)O)CC2)c1. The molecule has 3 saturated heterocycles. The monoisotopic (exact) mass is 1920 g/mol. The Bertz CT molecular complexity index is 5480. The maximum atomic E-state index is 14.2. The average molecular weight is 1920 g/mol. The first-order chi connectivity index (χ1) is 61.3. The minimum Gasteiger partial charge on any atom is -0.481 e. The van der Waals surface area contributed by atoms with E-state index in [1.54, 1.807) is 0 Å². The molecule has 2 saturated carbocycles. The standard InChI is InChI=1S/C20H18F3NO3S.C19H17F4NOS.C18H16ClF2NO2S.C18H15F4NO2S.C16H12ClF2NO2S/c21-15-8-4-13(10-17(15)23)24-19(25)12-3-7-16(22)18(9-12)28-14-5-1-11(2-6-14)20(26)27;20-14-7-6-11(8-17(14)26-13-4-2-1-3-5-13)19(25)24-12-9-15(21)18(23)16(22)10-12;19-14-9-12(4-6-15(14)20)22-18(23)11-3-5-16(21)17(8-11)25-13-2-1-7-24-10-13;19-13-2-1-10(7-16(13)26-12-3-5-25-6-4-12)18(24)23-11-8-14(20)17(22)15(21)9-11;17-12-6-10(2-4-13(12)18)20-16(21)9-1-3-14(19)15(5-9)23-11-7-22-8-11/h3-4,7-11,14H,1-2,5-6H2,(H,24,25)(H,26,27);6-10,13H,1-5H2,(H,24,25);3-6,8-9,13H,1-2,7,10H2,(H,22,23);1-2,7-9,12H,3-6H2,(H,23,24);1-6,11H,7-8H2,(H,20,21). The number of carbonyl (C=O) groups excluding carboxylic acids is 5. The summed E-state index contributed by atoms with van der Waals surface area (Å²) >= 11 is 18.1. The van der Waals surface area contributed by atoms with Gasteiger partial charge >= 0.3 is 5.97 Å². The number of aliphatic carboxylic acids is 1. The van der Waals surface area contributed by atoms with Crippen molar-refractivity contribution in [3.8, 4) is 0 Å². The minimum absolute atomic E-state index is 0.0783. The van der Waals surface area contributed by atoms with Crippen molar-refractivity contribution in [2.75, 3.05) is 66.2 Å². The molecule has 37 heteroatoms. The number of anilines is 5. The smallest absolute Gasteiger partial charge is 0.306 e. The fourth-order valence-electron chi connectivity index (χ4n) is 13.1. The molecule has 676 valence electrons. The Balaban J connectivity index is 0.000000155. The number of carbonyl (C=O) groups is 6. The molecule has 5 fully saturated rings. The quantitative estimate of drug-likeness (QED) is 0.0292. The molecule has 0 aromatic heterocycles. The Kier molecular flexibility index (Phi) is 36.8. The molecular weight excluding hydrogens is 1840 g/mol. The van der Waals surface area contributed by atoms with Crippen LogP contribution in [-0.4, -0.2) is 107 Å². The lowest BCUT2D eigenvalue weighted by atomic mass is 9.89. The fraction of sp³-hybridized carbons (Fsp3) is 0.275. The lowest BCUT2D eigenvalue weighted by Crippen LogP contribution is -2.30. The van der Waals surface area contributed by atoms with E-state index in [0.29, 0.717) is 135 Å². The number of amides is 5. The van der Waals surface area contributed by atoms with Crippen molar-refractivity contribution in [3.63, 3.8) is 0 Å². The summed E-state index contributed by atoms with van der Waals surface area (Å²) in [5, 5.41) is 22.1. The second kappa shape index (κ2) is 47.7. The first-order valence-corrected chi connectivity index (χ1v) is 44.9. The summed E-state index contributed by atoms with van der Waals surface area (Å²) in [5.74, 6) is -18.0. The molecule has 128 heavy (non-hydrogen) atoms. The van der Waals surface area contributed by atoms with Gasteiger partial charge in [0.15, 0.2) is 46.5 Å². The van der Waals surface area contributed by atoms with Gasteiger partial charge in [-0.25, -0.2) is 65.9 Å². The molecule has 2 aliphatic carbocycles. The highest BCUT2D eigenvalue weighted by atomic mass is 35.5. The third kappa shape index (κ3) is 29.1. The largest absolute Gasteiger partial charge is 0.481 e. The topological polar surface area (TPSA) is 210 Å². The number of benzene rings is 10. The Labute approximate surface area is 756 Å². The molecule has 0 spiro atoms. The van der Waals surface area contributed by atoms with Gasteiger partial charge in [-0.15, -0.1) is 58.8 Å². The molecular formula is C91H78Cl2F15N5O10S5. The minimum atomic E-state index is -1.61. The molecule has 5 amide bonds. The van der Waals surface area contributed by atoms with Crippen LogP contribution in [0.5, 0.6) is 0 Å². The highest BCUT2D eigenvalue weighted by molar-refractivity contribution is 8.01. The zero-order valence-corrected chi connectivity index (χ0v) is 72.7. The molecule has 0 radical (unpaired) electrons. The molecule has 15 rings (SSSR count). The van der Waals surface area contributed by atoms with Crippen LogP contribution in [0.15, 0.2) is 194 Å². The molecule has 3 heterocycles. The molecule has 10 aromatic rings. The number of rotatable bonds is 21. The summed E-state index contributed by atoms with van der Waals surface area (Å²) in [6.07, 6.45) is 11.3. The van der Waals surface area contributed by atoms with Gasteiger partial charge < -0.3 is 45.9 Å². The zero-order chi connectivity index (χ0) is 91.8. The summed E-state index contributed by atoms with van der Waals surface area (Å²) in [6, 6.07) is 33.6. The second-order valence-corrected chi connectivity index (χ2v) is 36.9. The normalized spacial score (nSPS) is 16.3. The molecule has 1 unspecified atom stereocenters. The van der Waals surface area contributed by atoms with Gasteiger partial charge in [-0.05, 0) is 204 Å². The first kappa shape index (κ1) is 98.8. The highest BCUT2D eigenvalue weighted by Gasteiger charge is 2.30. The van der Waals surface area contributed by atoms with Crippen molar-refractivity contribution >= 4 is 146 Å². The Hall–Kier alpha value is -9.82. The third-order valence-electron chi connectivity index (χ3n) is 19.9. The van der Waals surface area contributed by atoms with Crippen LogP contribution in [0.2, 0.25) is 10.0 Å². The summed E-state index contributed by atoms with van der Waals surface area (Å²) < 4.78 is 217. The van der Waals surface area contributed by atoms with Crippen molar-refractivity contribution in [1.82, 2.24) is 0 Å². The van der Waals surface area contributed by atoms with Gasteiger partial charge in [0, 0.05) is 152 Å². The number of nitrogens with one attached hydrogen (secondary N) is 5. The van der Waals surface area contributed by atoms with Crippen molar-refractivity contribution in [2.24, 2.45) is 5.92 Å². The maximum Gasteiger partial charge on any atom is 0.306 e. The number of hydrogen-bond donors (Lipinski definition) is 6. The second-order valence-electron chi connectivity index (χ2n) is 29.4. The van der Waals surface area contributed by atoms with Crippen LogP contribution in [0, 0.1) is 93.2 Å². The van der Waals surface area contributed by atoms with E-state index in [0.717, 1.165) is 70.1 Å². The van der Waals surface area contributed by atoms with E-state index in [4.69, 9.17) is 42.5 Å². The van der Waals surface area contributed by atoms with E-state index in [2.05, 4.69) is 26.6 Å². The van der Waals surface area contributed by atoms with Crippen LogP contribution in [0.1, 0.15) is 135 Å². The van der Waals surface area contributed by atoms with Crippen molar-refractivity contribution < 1.29 is 114 Å². The molecule has 15 nitrogen and oxygen atoms in total. The van der Waals surface area contributed by atoms with Gasteiger partial charge in [-0.2, -0.15) is 0 Å². The number of ether oxygens (including phenoxy) is 3. The molecule has 5 aliphatic rings. The number of hydrogen-bond acceptors (Lipinski definition) is 14. The van der Waals surface area contributed by atoms with E-state index >= 15 is 0 Å². The van der Waals surface area contributed by atoms with Crippen LogP contribution < -0.4 is 26.6 Å². The van der Waals surface area contributed by atoms with Gasteiger partial charge in [0.05, 0.1) is 41.0 Å². The molecule has 10 aromatic carbocycles. The number of halogens is 17. The average Bonchev–Trinajstić information content (AvgIpc) is 0.835. The lowest BCUT2D eigenvalue weighted by Gasteiger charge is -2.25. The van der Waals surface area contributed by atoms with Crippen molar-refractivity contribution in [2.45, 2.75) is 134 Å². The number of carboxylic acids is 1. The van der Waals surface area contributed by atoms with Gasteiger partial charge in [0.2, 0.25) is 0 Å². The van der Waals surface area contributed by atoms with E-state index in [9.17, 15) is 94.6 Å². The number of thioether (sulfide) groups is 5. The van der Waals surface area contributed by atoms with Crippen LogP contribution in [-0.2, 0) is 19.0 Å². The Morgan fingerprint density at radius 2 is 0.570 bits per heavy atom. The summed E-state index contributed by atoms with van der Waals surface area (Å²) in [4.78, 5) is 74.4. The van der Waals surface area contributed by atoms with Crippen molar-refractivity contribution in [1.29, 1.82) is 0 Å². The Morgan fingerprint density at radius 3 is 0.898 bits per heavy atom. The van der Waals surface area contributed by atoms with Crippen molar-refractivity contribution in [3.05, 3.63) is 295 Å². The van der Waals surface area contributed by atoms with E-state index in [-0.39, 0.29) is 82.3 Å². The van der Waals surface area contributed by atoms with Crippen LogP contribution in [0.25, 0.3) is 0 Å².